The van der Waals surface area contributed by atoms with Crippen LogP contribution < -0.4 is 5.73 Å². The molecule has 1 aliphatic carbocycles. The van der Waals surface area contributed by atoms with Gasteiger partial charge in [-0.1, -0.05) is 24.4 Å². The van der Waals surface area contributed by atoms with Crippen molar-refractivity contribution in [3.8, 4) is 0 Å². The summed E-state index contributed by atoms with van der Waals surface area (Å²) in [4.78, 5) is 0. The third kappa shape index (κ3) is 5.02. The molecule has 0 saturated heterocycles. The fourth-order valence-electron chi connectivity index (χ4n) is 2.05. The van der Waals surface area contributed by atoms with Crippen LogP contribution in [0.5, 0.6) is 0 Å². The first-order valence-corrected chi connectivity index (χ1v) is 5.80. The van der Waals surface area contributed by atoms with Gasteiger partial charge in [0.15, 0.2) is 0 Å². The summed E-state index contributed by atoms with van der Waals surface area (Å²) in [6, 6.07) is 0. The van der Waals surface area contributed by atoms with Gasteiger partial charge in [-0.2, -0.15) is 0 Å². The summed E-state index contributed by atoms with van der Waals surface area (Å²) in [7, 11) is 0. The van der Waals surface area contributed by atoms with Crippen molar-refractivity contribution >= 4 is 5.84 Å². The maximum Gasteiger partial charge on any atom is 0.141 e. The van der Waals surface area contributed by atoms with E-state index in [0.29, 0.717) is 12.3 Å². The Hall–Kier alpha value is -0.770. The molecule has 4 heteroatoms. The Balaban J connectivity index is 2.12. The minimum Gasteiger partial charge on any atom is -0.409 e. The van der Waals surface area contributed by atoms with Crippen LogP contribution in [0.1, 0.15) is 45.4 Å². The van der Waals surface area contributed by atoms with Crippen molar-refractivity contribution in [1.82, 2.24) is 0 Å². The van der Waals surface area contributed by atoms with Crippen molar-refractivity contribution < 1.29 is 9.94 Å². The number of amidine groups is 1. The largest absolute Gasteiger partial charge is 0.409 e. The molecule has 0 bridgehead atoms. The molecule has 1 atom stereocenters. The molecule has 0 aromatic carbocycles. The molecule has 0 radical (unpaired) electrons. The van der Waals surface area contributed by atoms with Crippen LogP contribution in [0, 0.1) is 5.92 Å². The Bertz CT molecular complexity index is 201. The lowest BCUT2D eigenvalue weighted by Crippen LogP contribution is -2.23. The molecule has 0 aromatic rings. The molecule has 1 rings (SSSR count). The predicted octanol–water partition coefficient (Wildman–Crippen LogP) is 2.11. The van der Waals surface area contributed by atoms with Crippen LogP contribution in [0.25, 0.3) is 0 Å². The fourth-order valence-corrected chi connectivity index (χ4v) is 2.05. The van der Waals surface area contributed by atoms with E-state index in [1.165, 1.54) is 32.1 Å². The van der Waals surface area contributed by atoms with Gasteiger partial charge in [0.25, 0.3) is 0 Å². The van der Waals surface area contributed by atoms with Crippen molar-refractivity contribution in [2.24, 2.45) is 16.8 Å². The lowest BCUT2D eigenvalue weighted by Gasteiger charge is -2.23. The molecule has 3 N–H and O–H groups in total. The normalized spacial score (nSPS) is 21.5. The second kappa shape index (κ2) is 6.67. The van der Waals surface area contributed by atoms with Gasteiger partial charge in [0.2, 0.25) is 0 Å². The first-order valence-electron chi connectivity index (χ1n) is 5.80. The highest BCUT2D eigenvalue weighted by molar-refractivity contribution is 5.79. The SMILES string of the molecule is CC(CC(N)=NO)OCC1CCCCC1. The molecule has 1 unspecified atom stereocenters. The average molecular weight is 214 g/mol. The van der Waals surface area contributed by atoms with E-state index in [-0.39, 0.29) is 11.9 Å². The van der Waals surface area contributed by atoms with E-state index in [1.807, 2.05) is 6.92 Å². The van der Waals surface area contributed by atoms with Crippen LogP contribution in [0.2, 0.25) is 0 Å². The minimum absolute atomic E-state index is 0.0443. The number of hydrogen-bond acceptors (Lipinski definition) is 3. The number of rotatable bonds is 5. The van der Waals surface area contributed by atoms with Gasteiger partial charge in [-0.05, 0) is 25.7 Å². The zero-order valence-electron chi connectivity index (χ0n) is 9.48. The quantitative estimate of drug-likeness (QED) is 0.319. The Kier molecular flexibility index (Phi) is 5.47. The van der Waals surface area contributed by atoms with E-state index in [2.05, 4.69) is 5.16 Å². The van der Waals surface area contributed by atoms with E-state index in [4.69, 9.17) is 15.7 Å². The molecular formula is C11H22N2O2. The maximum atomic E-state index is 8.41. The molecule has 1 aliphatic rings. The van der Waals surface area contributed by atoms with Gasteiger partial charge in [-0.15, -0.1) is 0 Å². The topological polar surface area (TPSA) is 67.8 Å². The van der Waals surface area contributed by atoms with Gasteiger partial charge >= 0.3 is 0 Å². The molecule has 0 heterocycles. The lowest BCUT2D eigenvalue weighted by molar-refractivity contribution is 0.0346. The van der Waals surface area contributed by atoms with Crippen LogP contribution in [0.15, 0.2) is 5.16 Å². The summed E-state index contributed by atoms with van der Waals surface area (Å²) in [5.74, 6) is 0.958. The highest BCUT2D eigenvalue weighted by Gasteiger charge is 2.15. The smallest absolute Gasteiger partial charge is 0.141 e. The van der Waals surface area contributed by atoms with Gasteiger partial charge in [0, 0.05) is 13.0 Å². The maximum absolute atomic E-state index is 8.41. The second-order valence-electron chi connectivity index (χ2n) is 4.44. The van der Waals surface area contributed by atoms with E-state index in [0.717, 1.165) is 6.61 Å². The number of nitrogens with two attached hydrogens (primary N) is 1. The van der Waals surface area contributed by atoms with E-state index >= 15 is 0 Å². The van der Waals surface area contributed by atoms with Gasteiger partial charge in [0.05, 0.1) is 6.10 Å². The summed E-state index contributed by atoms with van der Waals surface area (Å²) in [5.41, 5.74) is 5.40. The van der Waals surface area contributed by atoms with Crippen molar-refractivity contribution in [3.63, 3.8) is 0 Å². The molecule has 1 saturated carbocycles. The van der Waals surface area contributed by atoms with E-state index in [9.17, 15) is 0 Å². The van der Waals surface area contributed by atoms with Crippen molar-refractivity contribution in [1.29, 1.82) is 0 Å². The monoisotopic (exact) mass is 214 g/mol. The second-order valence-corrected chi connectivity index (χ2v) is 4.44. The van der Waals surface area contributed by atoms with Gasteiger partial charge in [-0.3, -0.25) is 0 Å². The zero-order valence-corrected chi connectivity index (χ0v) is 9.48. The van der Waals surface area contributed by atoms with Gasteiger partial charge < -0.3 is 15.7 Å². The Morgan fingerprint density at radius 1 is 1.47 bits per heavy atom. The Morgan fingerprint density at radius 2 is 2.13 bits per heavy atom. The van der Waals surface area contributed by atoms with Gasteiger partial charge in [0.1, 0.15) is 5.84 Å². The van der Waals surface area contributed by atoms with Crippen molar-refractivity contribution in [2.45, 2.75) is 51.6 Å². The minimum atomic E-state index is 0.0443. The molecule has 0 aromatic heterocycles. The molecule has 0 aliphatic heterocycles. The van der Waals surface area contributed by atoms with Crippen LogP contribution in [0.3, 0.4) is 0 Å². The van der Waals surface area contributed by atoms with E-state index < -0.39 is 0 Å². The number of hydrogen-bond donors (Lipinski definition) is 2. The highest BCUT2D eigenvalue weighted by Crippen LogP contribution is 2.24. The third-order valence-corrected chi connectivity index (χ3v) is 2.97. The standard InChI is InChI=1S/C11H22N2O2/c1-9(7-11(12)13-14)15-8-10-5-3-2-4-6-10/h9-10,14H,2-8H2,1H3,(H2,12,13). The number of ether oxygens (including phenoxy) is 1. The van der Waals surface area contributed by atoms with Crippen LogP contribution in [-0.4, -0.2) is 23.8 Å². The van der Waals surface area contributed by atoms with Crippen LogP contribution in [0.4, 0.5) is 0 Å². The molecule has 88 valence electrons. The molecular weight excluding hydrogens is 192 g/mol. The highest BCUT2D eigenvalue weighted by atomic mass is 16.5. The summed E-state index contributed by atoms with van der Waals surface area (Å²) in [5, 5.41) is 11.3. The lowest BCUT2D eigenvalue weighted by atomic mass is 9.90. The molecule has 4 nitrogen and oxygen atoms in total. The first kappa shape index (κ1) is 12.3. The van der Waals surface area contributed by atoms with Crippen LogP contribution in [-0.2, 0) is 4.74 Å². The van der Waals surface area contributed by atoms with Crippen LogP contribution >= 0.6 is 0 Å². The number of oxime groups is 1. The molecule has 1 fully saturated rings. The summed E-state index contributed by atoms with van der Waals surface area (Å²) >= 11 is 0. The number of nitrogens with zero attached hydrogens (tertiary/aromatic N) is 1. The third-order valence-electron chi connectivity index (χ3n) is 2.97. The predicted molar refractivity (Wildman–Crippen MR) is 60.0 cm³/mol. The summed E-state index contributed by atoms with van der Waals surface area (Å²) < 4.78 is 5.68. The van der Waals surface area contributed by atoms with E-state index in [1.54, 1.807) is 0 Å². The molecule has 0 spiro atoms. The Labute approximate surface area is 91.5 Å². The van der Waals surface area contributed by atoms with Crippen molar-refractivity contribution in [3.05, 3.63) is 0 Å². The zero-order chi connectivity index (χ0) is 11.1. The first-order chi connectivity index (χ1) is 7.22. The summed E-state index contributed by atoms with van der Waals surface area (Å²) in [6.45, 7) is 2.78. The van der Waals surface area contributed by atoms with Crippen molar-refractivity contribution in [2.75, 3.05) is 6.61 Å². The Morgan fingerprint density at radius 3 is 2.73 bits per heavy atom. The molecule has 15 heavy (non-hydrogen) atoms. The fraction of sp³-hybridized carbons (Fsp3) is 0.909. The average Bonchev–Trinajstić information content (AvgIpc) is 2.27. The molecule has 0 amide bonds. The summed E-state index contributed by atoms with van der Waals surface area (Å²) in [6.07, 6.45) is 7.17. The van der Waals surface area contributed by atoms with Gasteiger partial charge in [-0.25, -0.2) is 0 Å².